The lowest BCUT2D eigenvalue weighted by atomic mass is 9.73. The van der Waals surface area contributed by atoms with Crippen LogP contribution in [0.25, 0.3) is 0 Å². The molecule has 1 aromatic carbocycles. The Morgan fingerprint density at radius 3 is 2.22 bits per heavy atom. The molecule has 0 bridgehead atoms. The molecule has 1 fully saturated rings. The van der Waals surface area contributed by atoms with Gasteiger partial charge in [-0.05, 0) is 32.6 Å². The van der Waals surface area contributed by atoms with Crippen LogP contribution < -0.4 is 0 Å². The molecule has 1 aliphatic heterocycles. The minimum absolute atomic E-state index is 0.0393. The van der Waals surface area contributed by atoms with Crippen LogP contribution in [-0.2, 0) is 4.74 Å². The van der Waals surface area contributed by atoms with Gasteiger partial charge in [-0.25, -0.2) is 0 Å². The molecule has 0 radical (unpaired) electrons. The van der Waals surface area contributed by atoms with Crippen LogP contribution in [0.5, 0.6) is 0 Å². The molecule has 1 saturated heterocycles. The van der Waals surface area contributed by atoms with E-state index in [9.17, 15) is 9.59 Å². The maximum Gasteiger partial charge on any atom is 0.199 e. The summed E-state index contributed by atoms with van der Waals surface area (Å²) in [5.74, 6) is 0.682. The number of allylic oxidation sites excluding steroid dienone is 1. The zero-order valence-electron chi connectivity index (χ0n) is 20.7. The molecule has 0 N–H and O–H groups in total. The normalized spacial score (nSPS) is 25.4. The molecule has 32 heavy (non-hydrogen) atoms. The highest BCUT2D eigenvalue weighted by Gasteiger charge is 2.77. The summed E-state index contributed by atoms with van der Waals surface area (Å²) < 4.78 is 5.90. The van der Waals surface area contributed by atoms with Crippen molar-refractivity contribution < 1.29 is 14.3 Å². The fourth-order valence-corrected chi connectivity index (χ4v) is 5.24. The van der Waals surface area contributed by atoms with E-state index in [0.29, 0.717) is 17.5 Å². The van der Waals surface area contributed by atoms with Crippen LogP contribution in [0.1, 0.15) is 125 Å². The summed E-state index contributed by atoms with van der Waals surface area (Å²) in [5, 5.41) is 0. The van der Waals surface area contributed by atoms with E-state index < -0.39 is 11.2 Å². The van der Waals surface area contributed by atoms with E-state index in [1.54, 1.807) is 25.1 Å². The third kappa shape index (κ3) is 5.25. The van der Waals surface area contributed by atoms with E-state index in [1.807, 2.05) is 6.07 Å². The van der Waals surface area contributed by atoms with Gasteiger partial charge >= 0.3 is 0 Å². The van der Waals surface area contributed by atoms with E-state index in [0.717, 1.165) is 12.3 Å². The second-order valence-corrected chi connectivity index (χ2v) is 10.3. The van der Waals surface area contributed by atoms with Gasteiger partial charge < -0.3 is 4.74 Å². The minimum atomic E-state index is -1.000. The third-order valence-electron chi connectivity index (χ3n) is 7.63. The molecule has 3 nitrogen and oxygen atoms in total. The summed E-state index contributed by atoms with van der Waals surface area (Å²) in [6.45, 7) is 8.56. The highest BCUT2D eigenvalue weighted by molar-refractivity contribution is 6.25. The van der Waals surface area contributed by atoms with Crippen molar-refractivity contribution >= 4 is 11.6 Å². The second kappa shape index (κ2) is 10.9. The Kier molecular flexibility index (Phi) is 8.49. The van der Waals surface area contributed by atoms with E-state index in [1.165, 1.54) is 69.8 Å². The molecule has 176 valence electrons. The summed E-state index contributed by atoms with van der Waals surface area (Å²) in [5.41, 5.74) is 0.311. The quantitative estimate of drug-likeness (QED) is 0.169. The van der Waals surface area contributed by atoms with Crippen LogP contribution >= 0.6 is 0 Å². The maximum absolute atomic E-state index is 13.1. The monoisotopic (exact) mass is 438 g/mol. The van der Waals surface area contributed by atoms with Gasteiger partial charge in [-0.3, -0.25) is 9.59 Å². The topological polar surface area (TPSA) is 46.7 Å². The molecular formula is C29H42O3. The van der Waals surface area contributed by atoms with E-state index in [2.05, 4.69) is 26.8 Å². The number of epoxide rings is 1. The van der Waals surface area contributed by atoms with Crippen molar-refractivity contribution in [2.24, 2.45) is 5.92 Å². The molecule has 0 aromatic heterocycles. The zero-order chi connectivity index (χ0) is 23.2. The van der Waals surface area contributed by atoms with Crippen molar-refractivity contribution in [2.75, 3.05) is 0 Å². The Morgan fingerprint density at radius 2 is 1.53 bits per heavy atom. The molecule has 0 spiro atoms. The van der Waals surface area contributed by atoms with Crippen LogP contribution in [0.15, 0.2) is 35.9 Å². The number of ketones is 2. The molecule has 3 atom stereocenters. The van der Waals surface area contributed by atoms with Crippen LogP contribution in [0, 0.1) is 5.92 Å². The molecule has 1 aliphatic carbocycles. The zero-order valence-corrected chi connectivity index (χ0v) is 20.7. The number of hydrogen-bond acceptors (Lipinski definition) is 3. The minimum Gasteiger partial charge on any atom is -0.345 e. The van der Waals surface area contributed by atoms with Crippen molar-refractivity contribution in [2.45, 2.75) is 116 Å². The molecule has 0 saturated carbocycles. The van der Waals surface area contributed by atoms with Gasteiger partial charge in [0.1, 0.15) is 0 Å². The lowest BCUT2D eigenvalue weighted by molar-refractivity contribution is 0.0847. The number of benzene rings is 1. The fraction of sp³-hybridized carbons (Fsp3) is 0.655. The van der Waals surface area contributed by atoms with Crippen molar-refractivity contribution in [1.82, 2.24) is 0 Å². The summed E-state index contributed by atoms with van der Waals surface area (Å²) >= 11 is 0. The number of rotatable bonds is 14. The SMILES string of the molecule is CCCCCCCCCC(C)CCCC(C)=CCC12OC1(C)C(=O)c1ccccc1C2=O. The maximum atomic E-state index is 13.1. The van der Waals surface area contributed by atoms with Gasteiger partial charge in [0.15, 0.2) is 22.8 Å². The molecule has 3 rings (SSSR count). The van der Waals surface area contributed by atoms with Crippen molar-refractivity contribution in [1.29, 1.82) is 0 Å². The first kappa shape index (κ1) is 24.9. The number of fused-ring (bicyclic) bond motifs is 2. The fourth-order valence-electron chi connectivity index (χ4n) is 5.24. The number of carbonyl (C=O) groups excluding carboxylic acids is 2. The first-order valence-corrected chi connectivity index (χ1v) is 12.9. The molecular weight excluding hydrogens is 396 g/mol. The van der Waals surface area contributed by atoms with Crippen LogP contribution in [0.4, 0.5) is 0 Å². The largest absolute Gasteiger partial charge is 0.345 e. The number of unbranched alkanes of at least 4 members (excludes halogenated alkanes) is 6. The second-order valence-electron chi connectivity index (χ2n) is 10.3. The lowest BCUT2D eigenvalue weighted by Gasteiger charge is -2.22. The lowest BCUT2D eigenvalue weighted by Crippen LogP contribution is -2.43. The average molecular weight is 439 g/mol. The van der Waals surface area contributed by atoms with Gasteiger partial charge in [0.05, 0.1) is 0 Å². The number of carbonyl (C=O) groups is 2. The van der Waals surface area contributed by atoms with Gasteiger partial charge in [-0.15, -0.1) is 0 Å². The first-order valence-electron chi connectivity index (χ1n) is 12.9. The van der Waals surface area contributed by atoms with Crippen molar-refractivity contribution in [3.8, 4) is 0 Å². The van der Waals surface area contributed by atoms with Crippen LogP contribution in [0.2, 0.25) is 0 Å². The van der Waals surface area contributed by atoms with Gasteiger partial charge in [0.2, 0.25) is 0 Å². The van der Waals surface area contributed by atoms with E-state index in [-0.39, 0.29) is 11.6 Å². The summed E-state index contributed by atoms with van der Waals surface area (Å²) in [4.78, 5) is 26.0. The summed E-state index contributed by atoms with van der Waals surface area (Å²) in [6.07, 6.45) is 17.1. The van der Waals surface area contributed by atoms with E-state index >= 15 is 0 Å². The number of Topliss-reactive ketones (excluding diaryl/α,β-unsaturated/α-hetero) is 2. The standard InChI is InChI=1S/C29H42O3/c1-5-6-7-8-9-10-11-15-22(2)16-14-17-23(3)20-21-29-27(31)25-19-13-12-18-24(25)26(30)28(29,4)32-29/h12-13,18-20,22H,5-11,14-17,21H2,1-4H3. The Bertz CT molecular complexity index is 839. The predicted octanol–water partition coefficient (Wildman–Crippen LogP) is 7.88. The first-order chi connectivity index (χ1) is 15.4. The Balaban J connectivity index is 1.40. The van der Waals surface area contributed by atoms with Gasteiger partial charge in [-0.1, -0.05) is 108 Å². The average Bonchev–Trinajstić information content (AvgIpc) is 3.43. The molecule has 1 aromatic rings. The van der Waals surface area contributed by atoms with Crippen molar-refractivity contribution in [3.05, 3.63) is 47.0 Å². The Labute approximate surface area is 195 Å². The van der Waals surface area contributed by atoms with Gasteiger partial charge in [-0.2, -0.15) is 0 Å². The summed E-state index contributed by atoms with van der Waals surface area (Å²) in [7, 11) is 0. The number of hydrogen-bond donors (Lipinski definition) is 0. The molecule has 2 aliphatic rings. The smallest absolute Gasteiger partial charge is 0.199 e. The van der Waals surface area contributed by atoms with Gasteiger partial charge in [0.25, 0.3) is 0 Å². The van der Waals surface area contributed by atoms with Crippen molar-refractivity contribution in [3.63, 3.8) is 0 Å². The molecule has 3 unspecified atom stereocenters. The Morgan fingerprint density at radius 1 is 0.938 bits per heavy atom. The third-order valence-corrected chi connectivity index (χ3v) is 7.63. The van der Waals surface area contributed by atoms with Gasteiger partial charge in [0, 0.05) is 17.5 Å². The number of ether oxygens (including phenoxy) is 1. The summed E-state index contributed by atoms with van der Waals surface area (Å²) in [6, 6.07) is 7.11. The molecule has 1 heterocycles. The highest BCUT2D eigenvalue weighted by Crippen LogP contribution is 2.57. The Hall–Kier alpha value is -1.74. The predicted molar refractivity (Wildman–Crippen MR) is 131 cm³/mol. The van der Waals surface area contributed by atoms with Crippen LogP contribution in [-0.4, -0.2) is 22.8 Å². The highest BCUT2D eigenvalue weighted by atomic mass is 16.6. The molecule has 3 heteroatoms. The van der Waals surface area contributed by atoms with E-state index in [4.69, 9.17) is 4.74 Å². The molecule has 0 amide bonds. The van der Waals surface area contributed by atoms with Crippen LogP contribution in [0.3, 0.4) is 0 Å².